The van der Waals surface area contributed by atoms with Gasteiger partial charge >= 0.3 is 6.18 Å². The molecular weight excluding hydrogens is 401 g/mol. The molecule has 3 N–H and O–H groups in total. The van der Waals surface area contributed by atoms with Gasteiger partial charge in [-0.1, -0.05) is 0 Å². The van der Waals surface area contributed by atoms with Crippen molar-refractivity contribution < 1.29 is 22.7 Å². The molecule has 0 spiro atoms. The number of pyridine rings is 1. The minimum atomic E-state index is -4.43. The van der Waals surface area contributed by atoms with Crippen LogP contribution in [0.4, 0.5) is 13.2 Å². The van der Waals surface area contributed by atoms with Gasteiger partial charge in [-0.25, -0.2) is 16.3 Å². The summed E-state index contributed by atoms with van der Waals surface area (Å²) >= 11 is 0. The SMILES string of the molecule is CCN(N)C(=O)C1=NC=CC2NN(C(C)c3cnc(OCC(F)(F)F)c(C)c3)C=C12. The van der Waals surface area contributed by atoms with Crippen LogP contribution in [0.3, 0.4) is 0 Å². The smallest absolute Gasteiger partial charge is 0.422 e. The van der Waals surface area contributed by atoms with E-state index in [1.807, 2.05) is 13.0 Å². The first-order valence-corrected chi connectivity index (χ1v) is 9.34. The minimum Gasteiger partial charge on any atom is -0.468 e. The number of amides is 1. The van der Waals surface area contributed by atoms with Crippen LogP contribution in [0, 0.1) is 6.92 Å². The Morgan fingerprint density at radius 2 is 2.20 bits per heavy atom. The lowest BCUT2D eigenvalue weighted by Crippen LogP contribution is -2.45. The van der Waals surface area contributed by atoms with Crippen LogP contribution in [-0.2, 0) is 4.79 Å². The van der Waals surface area contributed by atoms with E-state index in [2.05, 4.69) is 15.4 Å². The van der Waals surface area contributed by atoms with Crippen molar-refractivity contribution in [1.29, 1.82) is 0 Å². The van der Waals surface area contributed by atoms with Crippen molar-refractivity contribution in [2.75, 3.05) is 13.2 Å². The maximum Gasteiger partial charge on any atom is 0.422 e. The summed E-state index contributed by atoms with van der Waals surface area (Å²) in [6.45, 7) is 4.26. The van der Waals surface area contributed by atoms with Crippen molar-refractivity contribution in [3.05, 3.63) is 47.4 Å². The van der Waals surface area contributed by atoms with Gasteiger partial charge in [0.15, 0.2) is 6.61 Å². The van der Waals surface area contributed by atoms with Gasteiger partial charge in [-0.15, -0.1) is 0 Å². The van der Waals surface area contributed by atoms with Crippen molar-refractivity contribution in [1.82, 2.24) is 20.4 Å². The first-order valence-electron chi connectivity index (χ1n) is 9.34. The zero-order valence-electron chi connectivity index (χ0n) is 16.8. The van der Waals surface area contributed by atoms with E-state index in [1.165, 1.54) is 6.20 Å². The fourth-order valence-electron chi connectivity index (χ4n) is 3.09. The van der Waals surface area contributed by atoms with Crippen LogP contribution >= 0.6 is 0 Å². The molecule has 0 saturated heterocycles. The first-order chi connectivity index (χ1) is 14.1. The Bertz CT molecular complexity index is 912. The Morgan fingerprint density at radius 3 is 2.83 bits per heavy atom. The lowest BCUT2D eigenvalue weighted by atomic mass is 10.0. The molecule has 8 nitrogen and oxygen atoms in total. The molecule has 0 bridgehead atoms. The van der Waals surface area contributed by atoms with Crippen molar-refractivity contribution in [3.63, 3.8) is 0 Å². The summed E-state index contributed by atoms with van der Waals surface area (Å²) in [6, 6.07) is 1.26. The zero-order valence-corrected chi connectivity index (χ0v) is 16.8. The quantitative estimate of drug-likeness (QED) is 0.413. The molecule has 1 aromatic heterocycles. The van der Waals surface area contributed by atoms with Crippen LogP contribution in [-0.4, -0.2) is 52.0 Å². The van der Waals surface area contributed by atoms with Crippen molar-refractivity contribution >= 4 is 11.6 Å². The maximum atomic E-state index is 12.5. The second-order valence-corrected chi connectivity index (χ2v) is 6.98. The summed E-state index contributed by atoms with van der Waals surface area (Å²) in [5.74, 6) is 5.29. The normalized spacial score (nSPS) is 19.2. The van der Waals surface area contributed by atoms with E-state index in [4.69, 9.17) is 10.6 Å². The van der Waals surface area contributed by atoms with Gasteiger partial charge in [0.25, 0.3) is 5.91 Å². The topological polar surface area (TPSA) is 96.1 Å². The van der Waals surface area contributed by atoms with E-state index in [9.17, 15) is 18.0 Å². The number of fused-ring (bicyclic) bond motifs is 1. The summed E-state index contributed by atoms with van der Waals surface area (Å²) in [7, 11) is 0. The van der Waals surface area contributed by atoms with Gasteiger partial charge in [0, 0.05) is 36.3 Å². The molecule has 2 aliphatic rings. The molecule has 0 fully saturated rings. The highest BCUT2D eigenvalue weighted by Gasteiger charge is 2.34. The van der Waals surface area contributed by atoms with Crippen molar-refractivity contribution in [3.8, 4) is 5.88 Å². The number of carbonyl (C=O) groups excluding carboxylic acids is 1. The van der Waals surface area contributed by atoms with Gasteiger partial charge in [0.05, 0.1) is 12.1 Å². The van der Waals surface area contributed by atoms with Crippen LogP contribution in [0.25, 0.3) is 0 Å². The number of halogens is 3. The summed E-state index contributed by atoms with van der Waals surface area (Å²) in [5.41, 5.74) is 5.47. The largest absolute Gasteiger partial charge is 0.468 e. The molecule has 0 radical (unpaired) electrons. The van der Waals surface area contributed by atoms with Gasteiger partial charge in [0.1, 0.15) is 5.71 Å². The highest BCUT2D eigenvalue weighted by Crippen LogP contribution is 2.29. The third-order valence-electron chi connectivity index (χ3n) is 4.78. The minimum absolute atomic E-state index is 0.0600. The van der Waals surface area contributed by atoms with Gasteiger partial charge in [0.2, 0.25) is 5.88 Å². The van der Waals surface area contributed by atoms with Crippen LogP contribution in [0.1, 0.15) is 31.0 Å². The van der Waals surface area contributed by atoms with Crippen LogP contribution in [0.5, 0.6) is 5.88 Å². The second kappa shape index (κ2) is 8.44. The van der Waals surface area contributed by atoms with Crippen molar-refractivity contribution in [2.24, 2.45) is 10.8 Å². The highest BCUT2D eigenvalue weighted by molar-refractivity contribution is 6.45. The summed E-state index contributed by atoms with van der Waals surface area (Å²) < 4.78 is 41.9. The monoisotopic (exact) mass is 424 g/mol. The number of nitrogens with two attached hydrogens (primary N) is 1. The average molecular weight is 424 g/mol. The second-order valence-electron chi connectivity index (χ2n) is 6.98. The molecule has 3 rings (SSSR count). The third kappa shape index (κ3) is 4.62. The fourth-order valence-corrected chi connectivity index (χ4v) is 3.09. The predicted molar refractivity (Wildman–Crippen MR) is 104 cm³/mol. The van der Waals surface area contributed by atoms with Gasteiger partial charge in [-0.3, -0.25) is 14.8 Å². The van der Waals surface area contributed by atoms with Crippen LogP contribution < -0.4 is 16.0 Å². The standard InChI is InChI=1S/C19H23F3N6O2/c1-4-27(23)18(29)16-14-9-28(26-15(14)5-6-24-16)12(3)13-7-11(2)17(25-8-13)30-10-19(20,21)22/h5-9,12,15,26H,4,10,23H2,1-3H3. The number of aryl methyl sites for hydroxylation is 1. The van der Waals surface area contributed by atoms with Gasteiger partial charge in [-0.2, -0.15) is 13.2 Å². The summed E-state index contributed by atoms with van der Waals surface area (Å²) in [6.07, 6.45) is 2.20. The van der Waals surface area contributed by atoms with E-state index >= 15 is 0 Å². The molecule has 162 valence electrons. The molecule has 2 aliphatic heterocycles. The number of alkyl halides is 3. The molecular formula is C19H23F3N6O2. The molecule has 1 amide bonds. The molecule has 11 heteroatoms. The van der Waals surface area contributed by atoms with Crippen molar-refractivity contribution in [2.45, 2.75) is 39.0 Å². The Balaban J connectivity index is 1.77. The Kier molecular flexibility index (Phi) is 6.13. The number of nitrogens with one attached hydrogen (secondary N) is 1. The molecule has 3 heterocycles. The molecule has 0 aliphatic carbocycles. The summed E-state index contributed by atoms with van der Waals surface area (Å²) in [4.78, 5) is 20.7. The number of rotatable bonds is 6. The Morgan fingerprint density at radius 1 is 1.47 bits per heavy atom. The van der Waals surface area contributed by atoms with Crippen LogP contribution in [0.15, 0.2) is 41.3 Å². The number of ether oxygens (including phenoxy) is 1. The number of hydrogen-bond acceptors (Lipinski definition) is 7. The number of hydrazine groups is 2. The molecule has 2 atom stereocenters. The Hall–Kier alpha value is -2.92. The predicted octanol–water partition coefficient (Wildman–Crippen LogP) is 2.16. The number of nitrogens with zero attached hydrogens (tertiary/aromatic N) is 4. The third-order valence-corrected chi connectivity index (χ3v) is 4.78. The molecule has 0 aromatic carbocycles. The average Bonchev–Trinajstić information content (AvgIpc) is 3.14. The molecule has 30 heavy (non-hydrogen) atoms. The first kappa shape index (κ1) is 21.8. The number of hydrogen-bond donors (Lipinski definition) is 2. The van der Waals surface area contributed by atoms with E-state index in [1.54, 1.807) is 37.3 Å². The van der Waals surface area contributed by atoms with E-state index < -0.39 is 12.8 Å². The van der Waals surface area contributed by atoms with E-state index in [0.717, 1.165) is 10.6 Å². The maximum absolute atomic E-state index is 12.5. The number of carbonyl (C=O) groups is 1. The molecule has 1 aromatic rings. The summed E-state index contributed by atoms with van der Waals surface area (Å²) in [5, 5.41) is 2.90. The fraction of sp³-hybridized carbons (Fsp3) is 0.421. The van der Waals surface area contributed by atoms with Gasteiger partial charge in [-0.05, 0) is 38.5 Å². The molecule has 0 saturated carbocycles. The van der Waals surface area contributed by atoms with Crippen LogP contribution in [0.2, 0.25) is 0 Å². The number of aromatic nitrogens is 1. The molecule has 2 unspecified atom stereocenters. The number of aliphatic imine (C=N–C) groups is 1. The van der Waals surface area contributed by atoms with E-state index in [-0.39, 0.29) is 29.6 Å². The van der Waals surface area contributed by atoms with Gasteiger partial charge < -0.3 is 9.75 Å². The highest BCUT2D eigenvalue weighted by atomic mass is 19.4. The lowest BCUT2D eigenvalue weighted by molar-refractivity contribution is -0.154. The van der Waals surface area contributed by atoms with E-state index in [0.29, 0.717) is 17.7 Å². The zero-order chi connectivity index (χ0) is 22.1. The Labute approximate surface area is 171 Å². The lowest BCUT2D eigenvalue weighted by Gasteiger charge is -2.26.